The van der Waals surface area contributed by atoms with Crippen LogP contribution in [-0.4, -0.2) is 43.6 Å². The van der Waals surface area contributed by atoms with E-state index in [0.717, 1.165) is 31.7 Å². The van der Waals surface area contributed by atoms with Gasteiger partial charge in [-0.25, -0.2) is 19.0 Å². The van der Waals surface area contributed by atoms with Gasteiger partial charge in [0.15, 0.2) is 17.2 Å². The molecule has 1 aliphatic carbocycles. The molecule has 1 atom stereocenters. The van der Waals surface area contributed by atoms with Crippen molar-refractivity contribution in [2.24, 2.45) is 5.92 Å². The van der Waals surface area contributed by atoms with E-state index in [1.165, 1.54) is 18.5 Å². The molecule has 0 radical (unpaired) electrons. The third kappa shape index (κ3) is 4.84. The highest BCUT2D eigenvalue weighted by Crippen LogP contribution is 2.36. The molecule has 1 saturated carbocycles. The number of carbonyl (C=O) groups excluding carboxylic acids is 1. The molecule has 40 heavy (non-hydrogen) atoms. The van der Waals surface area contributed by atoms with E-state index in [2.05, 4.69) is 16.0 Å². The summed E-state index contributed by atoms with van der Waals surface area (Å²) in [4.78, 5) is 23.5. The summed E-state index contributed by atoms with van der Waals surface area (Å²) in [5, 5.41) is 15.0. The van der Waals surface area contributed by atoms with E-state index >= 15 is 0 Å². The van der Waals surface area contributed by atoms with Crippen molar-refractivity contribution in [3.05, 3.63) is 72.1 Å². The molecule has 2 aliphatic rings. The van der Waals surface area contributed by atoms with Crippen LogP contribution in [0.3, 0.4) is 0 Å². The van der Waals surface area contributed by atoms with Crippen molar-refractivity contribution < 1.29 is 18.3 Å². The lowest BCUT2D eigenvalue weighted by molar-refractivity contribution is -0.128. The van der Waals surface area contributed by atoms with E-state index in [9.17, 15) is 18.8 Å². The fourth-order valence-electron chi connectivity index (χ4n) is 4.99. The maximum absolute atomic E-state index is 14.0. The van der Waals surface area contributed by atoms with Crippen molar-refractivity contribution in [1.29, 1.82) is 5.26 Å². The van der Waals surface area contributed by atoms with Crippen LogP contribution in [0.25, 0.3) is 22.3 Å². The zero-order valence-corrected chi connectivity index (χ0v) is 21.4. The zero-order chi connectivity index (χ0) is 27.8. The van der Waals surface area contributed by atoms with Gasteiger partial charge < -0.3 is 15.4 Å². The second-order valence-corrected chi connectivity index (χ2v) is 10.0. The average molecular weight is 542 g/mol. The van der Waals surface area contributed by atoms with Gasteiger partial charge in [-0.1, -0.05) is 12.1 Å². The Morgan fingerprint density at radius 3 is 2.67 bits per heavy atom. The number of allylic oxidation sites excluding steroid dienone is 1. The second-order valence-electron chi connectivity index (χ2n) is 10.0. The number of ether oxygens (including phenoxy) is 1. The minimum atomic E-state index is -1.06. The van der Waals surface area contributed by atoms with Gasteiger partial charge in [0.25, 0.3) is 5.91 Å². The molecule has 2 N–H and O–H groups in total. The van der Waals surface area contributed by atoms with Crippen molar-refractivity contribution in [1.82, 2.24) is 24.6 Å². The van der Waals surface area contributed by atoms with Crippen LogP contribution in [0.5, 0.6) is 11.5 Å². The van der Waals surface area contributed by atoms with Crippen LogP contribution in [0, 0.1) is 28.9 Å². The zero-order valence-electron chi connectivity index (χ0n) is 21.4. The lowest BCUT2D eigenvalue weighted by Gasteiger charge is -2.32. The Kier molecular flexibility index (Phi) is 6.59. The number of carbonyl (C=O) groups is 1. The fourth-order valence-corrected chi connectivity index (χ4v) is 4.99. The molecule has 1 unspecified atom stereocenters. The number of nitrogens with two attached hydrogens (primary N) is 1. The maximum Gasteiger partial charge on any atom is 0.264 e. The summed E-state index contributed by atoms with van der Waals surface area (Å²) in [7, 11) is 0. The first kappa shape index (κ1) is 25.4. The molecule has 6 rings (SSSR count). The molecule has 9 nitrogen and oxygen atoms in total. The highest BCUT2D eigenvalue weighted by Gasteiger charge is 2.31. The Labute approximate surface area is 228 Å². The topological polar surface area (TPSA) is 123 Å². The molecule has 0 bridgehead atoms. The molecule has 1 amide bonds. The summed E-state index contributed by atoms with van der Waals surface area (Å²) < 4.78 is 34.9. The van der Waals surface area contributed by atoms with Gasteiger partial charge in [0.1, 0.15) is 35.2 Å². The Morgan fingerprint density at radius 2 is 1.93 bits per heavy atom. The van der Waals surface area contributed by atoms with Gasteiger partial charge >= 0.3 is 0 Å². The summed E-state index contributed by atoms with van der Waals surface area (Å²) in [6.45, 7) is 0.949. The van der Waals surface area contributed by atoms with Crippen molar-refractivity contribution in [2.75, 3.05) is 18.8 Å². The van der Waals surface area contributed by atoms with Crippen molar-refractivity contribution >= 4 is 22.8 Å². The first-order chi connectivity index (χ1) is 19.4. The number of anilines is 1. The standard InChI is InChI=1S/C29H25F2N7O2/c30-22-4-1-5-23(25(22)31)40-21-10-8-18(9-11-21)26-24-27(33)34-16-35-28(24)38(36-26)20-3-2-12-37(15-20)29(39)19(14-32)13-17-6-7-17/h1,4-5,8-11,13,16-17,20H,2-3,6-7,12,15H2,(H2,33,34,35). The lowest BCUT2D eigenvalue weighted by Crippen LogP contribution is -2.41. The van der Waals surface area contributed by atoms with Crippen LogP contribution in [0.4, 0.5) is 14.6 Å². The Bertz CT molecular complexity index is 1670. The van der Waals surface area contributed by atoms with Gasteiger partial charge in [0.2, 0.25) is 5.82 Å². The van der Waals surface area contributed by atoms with Crippen LogP contribution < -0.4 is 10.5 Å². The number of likely N-dealkylation sites (tertiary alicyclic amines) is 1. The first-order valence-electron chi connectivity index (χ1n) is 13.0. The van der Waals surface area contributed by atoms with Crippen molar-refractivity contribution in [3.63, 3.8) is 0 Å². The summed E-state index contributed by atoms with van der Waals surface area (Å²) >= 11 is 0. The van der Waals surface area contributed by atoms with Gasteiger partial charge in [-0.15, -0.1) is 0 Å². The fraction of sp³-hybridized carbons (Fsp3) is 0.276. The smallest absolute Gasteiger partial charge is 0.264 e. The average Bonchev–Trinajstić information content (AvgIpc) is 3.71. The van der Waals surface area contributed by atoms with Gasteiger partial charge in [0.05, 0.1) is 11.4 Å². The summed E-state index contributed by atoms with van der Waals surface area (Å²) in [5.74, 6) is -1.63. The maximum atomic E-state index is 14.0. The van der Waals surface area contributed by atoms with Crippen LogP contribution in [0.1, 0.15) is 31.7 Å². The molecule has 1 saturated heterocycles. The van der Waals surface area contributed by atoms with E-state index < -0.39 is 11.6 Å². The Balaban J connectivity index is 1.30. The SMILES string of the molecule is N#CC(=CC1CC1)C(=O)N1CCCC(n2nc(-c3ccc(Oc4cccc(F)c4F)cc3)c3c(N)ncnc32)C1. The third-order valence-electron chi connectivity index (χ3n) is 7.19. The predicted molar refractivity (Wildman–Crippen MR) is 143 cm³/mol. The van der Waals surface area contributed by atoms with Crippen molar-refractivity contribution in [3.8, 4) is 28.8 Å². The van der Waals surface area contributed by atoms with E-state index in [-0.39, 0.29) is 29.1 Å². The van der Waals surface area contributed by atoms with E-state index in [4.69, 9.17) is 15.6 Å². The molecule has 3 heterocycles. The van der Waals surface area contributed by atoms with Crippen LogP contribution in [0.15, 0.2) is 60.4 Å². The molecular formula is C29H25F2N7O2. The number of nitriles is 1. The molecule has 0 spiro atoms. The number of hydrogen-bond acceptors (Lipinski definition) is 7. The quantitative estimate of drug-likeness (QED) is 0.264. The van der Waals surface area contributed by atoms with Crippen LogP contribution >= 0.6 is 0 Å². The Morgan fingerprint density at radius 1 is 1.12 bits per heavy atom. The number of amides is 1. The largest absolute Gasteiger partial charge is 0.454 e. The van der Waals surface area contributed by atoms with Crippen LogP contribution in [0.2, 0.25) is 0 Å². The molecular weight excluding hydrogens is 516 g/mol. The second kappa shape index (κ2) is 10.4. The van der Waals surface area contributed by atoms with Gasteiger partial charge in [-0.05, 0) is 68.0 Å². The number of benzene rings is 2. The highest BCUT2D eigenvalue weighted by atomic mass is 19.2. The van der Waals surface area contributed by atoms with E-state index in [1.807, 2.05) is 0 Å². The number of nitrogen functional groups attached to an aromatic ring is 1. The van der Waals surface area contributed by atoms with Crippen LogP contribution in [-0.2, 0) is 4.79 Å². The highest BCUT2D eigenvalue weighted by molar-refractivity contribution is 5.99. The third-order valence-corrected chi connectivity index (χ3v) is 7.19. The number of nitrogens with zero attached hydrogens (tertiary/aromatic N) is 6. The number of halogens is 2. The van der Waals surface area contributed by atoms with Gasteiger partial charge in [-0.2, -0.15) is 14.8 Å². The number of piperidine rings is 1. The summed E-state index contributed by atoms with van der Waals surface area (Å²) in [5.41, 5.74) is 8.25. The Hall–Kier alpha value is -4.85. The molecule has 2 aromatic heterocycles. The number of fused-ring (bicyclic) bond motifs is 1. The normalized spacial score (nSPS) is 17.6. The van der Waals surface area contributed by atoms with Gasteiger partial charge in [0, 0.05) is 18.7 Å². The molecule has 4 aromatic rings. The molecule has 1 aliphatic heterocycles. The molecule has 2 aromatic carbocycles. The number of rotatable bonds is 6. The van der Waals surface area contributed by atoms with E-state index in [1.54, 1.807) is 39.9 Å². The summed E-state index contributed by atoms with van der Waals surface area (Å²) in [6.07, 6.45) is 6.71. The number of aromatic nitrogens is 4. The van der Waals surface area contributed by atoms with Gasteiger partial charge in [-0.3, -0.25) is 4.79 Å². The molecule has 202 valence electrons. The lowest BCUT2D eigenvalue weighted by atomic mass is 10.0. The summed E-state index contributed by atoms with van der Waals surface area (Å²) in [6, 6.07) is 12.4. The molecule has 2 fully saturated rings. The van der Waals surface area contributed by atoms with E-state index in [0.29, 0.717) is 47.0 Å². The minimum Gasteiger partial charge on any atom is -0.454 e. The number of hydrogen-bond donors (Lipinski definition) is 1. The monoisotopic (exact) mass is 541 g/mol. The molecule has 11 heteroatoms. The first-order valence-corrected chi connectivity index (χ1v) is 13.0. The van der Waals surface area contributed by atoms with Crippen molar-refractivity contribution in [2.45, 2.75) is 31.7 Å². The minimum absolute atomic E-state index is 0.178. The predicted octanol–water partition coefficient (Wildman–Crippen LogP) is 5.17.